The van der Waals surface area contributed by atoms with E-state index in [1.165, 1.54) is 19.3 Å². The van der Waals surface area contributed by atoms with Crippen LogP contribution in [0.5, 0.6) is 0 Å². The van der Waals surface area contributed by atoms with Gasteiger partial charge in [-0.2, -0.15) is 0 Å². The molecule has 1 amide bonds. The Kier molecular flexibility index (Phi) is 4.62. The Bertz CT molecular complexity index is 251. The first-order valence-electron chi connectivity index (χ1n) is 6.16. The molecule has 0 saturated heterocycles. The van der Waals surface area contributed by atoms with Crippen molar-refractivity contribution in [3.05, 3.63) is 0 Å². The van der Waals surface area contributed by atoms with Gasteiger partial charge in [0.1, 0.15) is 0 Å². The van der Waals surface area contributed by atoms with Gasteiger partial charge in [0.05, 0.1) is 5.92 Å². The van der Waals surface area contributed by atoms with E-state index < -0.39 is 0 Å². The van der Waals surface area contributed by atoms with E-state index in [2.05, 4.69) is 5.32 Å². The monoisotopic (exact) mass is 246 g/mol. The fraction of sp³-hybridized carbons (Fsp3) is 0.917. The minimum Gasteiger partial charge on any atom is -0.356 e. The van der Waals surface area contributed by atoms with Gasteiger partial charge >= 0.3 is 0 Å². The summed E-state index contributed by atoms with van der Waals surface area (Å²) in [6.07, 6.45) is 6.82. The molecule has 0 aromatic heterocycles. The molecule has 3 nitrogen and oxygen atoms in total. The average molecular weight is 247 g/mol. The lowest BCUT2D eigenvalue weighted by Crippen LogP contribution is -2.53. The van der Waals surface area contributed by atoms with Crippen LogP contribution in [0.25, 0.3) is 0 Å². The van der Waals surface area contributed by atoms with E-state index in [0.29, 0.717) is 0 Å². The molecule has 2 saturated carbocycles. The molecule has 3 N–H and O–H groups in total. The Morgan fingerprint density at radius 3 is 2.62 bits per heavy atom. The van der Waals surface area contributed by atoms with Crippen LogP contribution >= 0.6 is 12.4 Å². The van der Waals surface area contributed by atoms with E-state index in [-0.39, 0.29) is 29.8 Å². The molecular formula is C12H23ClN2O. The number of nitrogens with one attached hydrogen (secondary N) is 1. The summed E-state index contributed by atoms with van der Waals surface area (Å²) in [7, 11) is 0. The Hall–Kier alpha value is -0.280. The van der Waals surface area contributed by atoms with Crippen molar-refractivity contribution in [2.24, 2.45) is 17.6 Å². The number of rotatable bonds is 3. The molecule has 2 rings (SSSR count). The molecule has 4 heteroatoms. The maximum Gasteiger partial charge on any atom is 0.224 e. The second-order valence-corrected chi connectivity index (χ2v) is 5.49. The zero-order valence-electron chi connectivity index (χ0n) is 10.00. The van der Waals surface area contributed by atoms with Crippen LogP contribution in [0.4, 0.5) is 0 Å². The van der Waals surface area contributed by atoms with Crippen LogP contribution in [0.3, 0.4) is 0 Å². The summed E-state index contributed by atoms with van der Waals surface area (Å²) < 4.78 is 0. The van der Waals surface area contributed by atoms with Crippen LogP contribution in [0.1, 0.15) is 45.4 Å². The van der Waals surface area contributed by atoms with E-state index in [4.69, 9.17) is 5.73 Å². The minimum atomic E-state index is -0.286. The van der Waals surface area contributed by atoms with Crippen molar-refractivity contribution >= 4 is 18.3 Å². The number of halogens is 1. The summed E-state index contributed by atoms with van der Waals surface area (Å²) in [4.78, 5) is 12.0. The number of carbonyl (C=O) groups excluding carboxylic acids is 1. The van der Waals surface area contributed by atoms with E-state index in [9.17, 15) is 4.79 Å². The second-order valence-electron chi connectivity index (χ2n) is 5.49. The van der Waals surface area contributed by atoms with Gasteiger partial charge in [-0.05, 0) is 38.5 Å². The highest BCUT2D eigenvalue weighted by Gasteiger charge is 2.38. The molecule has 2 aliphatic carbocycles. The molecule has 0 radical (unpaired) electrons. The molecule has 2 atom stereocenters. The predicted molar refractivity (Wildman–Crippen MR) is 67.5 cm³/mol. The molecule has 0 bridgehead atoms. The normalized spacial score (nSPS) is 34.0. The van der Waals surface area contributed by atoms with Crippen LogP contribution < -0.4 is 11.1 Å². The highest BCUT2D eigenvalue weighted by Crippen LogP contribution is 2.32. The summed E-state index contributed by atoms with van der Waals surface area (Å²) in [5, 5.41) is 3.05. The lowest BCUT2D eigenvalue weighted by atomic mass is 9.74. The van der Waals surface area contributed by atoms with Gasteiger partial charge in [0, 0.05) is 12.1 Å². The van der Waals surface area contributed by atoms with Crippen LogP contribution in [-0.4, -0.2) is 18.0 Å². The smallest absolute Gasteiger partial charge is 0.224 e. The maximum atomic E-state index is 12.0. The van der Waals surface area contributed by atoms with Gasteiger partial charge in [0.15, 0.2) is 0 Å². The van der Waals surface area contributed by atoms with E-state index in [1.807, 2.05) is 6.92 Å². The van der Waals surface area contributed by atoms with Crippen molar-refractivity contribution in [3.63, 3.8) is 0 Å². The van der Waals surface area contributed by atoms with Gasteiger partial charge in [0.25, 0.3) is 0 Å². The van der Waals surface area contributed by atoms with Gasteiger partial charge in [-0.25, -0.2) is 0 Å². The molecular weight excluding hydrogens is 224 g/mol. The largest absolute Gasteiger partial charge is 0.356 e. The van der Waals surface area contributed by atoms with Crippen molar-refractivity contribution in [3.8, 4) is 0 Å². The van der Waals surface area contributed by atoms with Crippen molar-refractivity contribution in [2.45, 2.75) is 51.0 Å². The zero-order chi connectivity index (χ0) is 10.9. The number of hydrogen-bond acceptors (Lipinski definition) is 2. The first kappa shape index (κ1) is 13.8. The summed E-state index contributed by atoms with van der Waals surface area (Å²) in [5.41, 5.74) is 5.90. The summed E-state index contributed by atoms with van der Waals surface area (Å²) in [6.45, 7) is 2.89. The maximum absolute atomic E-state index is 12.0. The number of hydrogen-bond donors (Lipinski definition) is 2. The van der Waals surface area contributed by atoms with Crippen molar-refractivity contribution in [2.75, 3.05) is 6.54 Å². The molecule has 0 aromatic rings. The molecule has 0 aromatic carbocycles. The van der Waals surface area contributed by atoms with Crippen LogP contribution in [0, 0.1) is 11.8 Å². The SMILES string of the molecule is CC1(N)CCCCC1C(=O)NCC1CC1.Cl. The molecule has 2 aliphatic rings. The second kappa shape index (κ2) is 5.37. The van der Waals surface area contributed by atoms with Gasteiger partial charge in [-0.3, -0.25) is 4.79 Å². The van der Waals surface area contributed by atoms with Crippen LogP contribution in [0.15, 0.2) is 0 Å². The topological polar surface area (TPSA) is 55.1 Å². The summed E-state index contributed by atoms with van der Waals surface area (Å²) in [5.74, 6) is 0.971. The Morgan fingerprint density at radius 2 is 2.06 bits per heavy atom. The fourth-order valence-corrected chi connectivity index (χ4v) is 2.48. The molecule has 94 valence electrons. The first-order valence-corrected chi connectivity index (χ1v) is 6.16. The van der Waals surface area contributed by atoms with Crippen molar-refractivity contribution in [1.82, 2.24) is 5.32 Å². The quantitative estimate of drug-likeness (QED) is 0.799. The highest BCUT2D eigenvalue weighted by molar-refractivity contribution is 5.85. The summed E-state index contributed by atoms with van der Waals surface area (Å²) >= 11 is 0. The third-order valence-electron chi connectivity index (χ3n) is 3.83. The third-order valence-corrected chi connectivity index (χ3v) is 3.83. The number of carbonyl (C=O) groups is 1. The molecule has 0 spiro atoms. The highest BCUT2D eigenvalue weighted by atomic mass is 35.5. The first-order chi connectivity index (χ1) is 7.09. The zero-order valence-corrected chi connectivity index (χ0v) is 10.8. The van der Waals surface area contributed by atoms with E-state index in [0.717, 1.165) is 31.7 Å². The molecule has 2 fully saturated rings. The van der Waals surface area contributed by atoms with Gasteiger partial charge in [-0.1, -0.05) is 12.8 Å². The van der Waals surface area contributed by atoms with Crippen molar-refractivity contribution in [1.29, 1.82) is 0 Å². The summed E-state index contributed by atoms with van der Waals surface area (Å²) in [6, 6.07) is 0. The number of amides is 1. The lowest BCUT2D eigenvalue weighted by Gasteiger charge is -2.37. The van der Waals surface area contributed by atoms with Gasteiger partial charge < -0.3 is 11.1 Å². The van der Waals surface area contributed by atoms with Crippen molar-refractivity contribution < 1.29 is 4.79 Å². The van der Waals surface area contributed by atoms with Crippen LogP contribution in [-0.2, 0) is 4.79 Å². The average Bonchev–Trinajstić information content (AvgIpc) is 2.97. The Labute approximate surface area is 104 Å². The lowest BCUT2D eigenvalue weighted by molar-refractivity contribution is -0.128. The van der Waals surface area contributed by atoms with E-state index >= 15 is 0 Å². The fourth-order valence-electron chi connectivity index (χ4n) is 2.48. The third kappa shape index (κ3) is 3.36. The molecule has 2 unspecified atom stereocenters. The molecule has 0 heterocycles. The van der Waals surface area contributed by atoms with E-state index in [1.54, 1.807) is 0 Å². The molecule has 0 aliphatic heterocycles. The Morgan fingerprint density at radius 1 is 1.38 bits per heavy atom. The Balaban J connectivity index is 0.00000128. The van der Waals surface area contributed by atoms with Crippen LogP contribution in [0.2, 0.25) is 0 Å². The standard InChI is InChI=1S/C12H22N2O.ClH/c1-12(13)7-3-2-4-10(12)11(15)14-8-9-5-6-9;/h9-10H,2-8,13H2,1H3,(H,14,15);1H. The minimum absolute atomic E-state index is 0. The van der Waals surface area contributed by atoms with Gasteiger partial charge in [0.2, 0.25) is 5.91 Å². The van der Waals surface area contributed by atoms with Gasteiger partial charge in [-0.15, -0.1) is 12.4 Å². The molecule has 16 heavy (non-hydrogen) atoms. The number of nitrogens with two attached hydrogens (primary N) is 1. The predicted octanol–water partition coefficient (Wildman–Crippen LogP) is 1.84.